The fourth-order valence-electron chi connectivity index (χ4n) is 1.15. The summed E-state index contributed by atoms with van der Waals surface area (Å²) in [6.45, 7) is 5.63. The molecule has 0 atom stereocenters. The molecule has 0 unspecified atom stereocenters. The second-order valence-corrected chi connectivity index (χ2v) is 5.00. The van der Waals surface area contributed by atoms with E-state index in [9.17, 15) is 4.79 Å². The molecule has 0 rings (SSSR count). The first kappa shape index (κ1) is 14.4. The smallest absolute Gasteiger partial charge is 0.220 e. The van der Waals surface area contributed by atoms with Crippen molar-refractivity contribution in [3.05, 3.63) is 0 Å². The van der Waals surface area contributed by atoms with Crippen LogP contribution in [-0.4, -0.2) is 43.5 Å². The Balaban J connectivity index is 3.42. The van der Waals surface area contributed by atoms with E-state index in [-0.39, 0.29) is 11.4 Å². The molecule has 4 heteroatoms. The summed E-state index contributed by atoms with van der Waals surface area (Å²) in [5, 5.41) is 2.89. The van der Waals surface area contributed by atoms with E-state index in [1.54, 1.807) is 0 Å². The molecule has 15 heavy (non-hydrogen) atoms. The highest BCUT2D eigenvalue weighted by atomic mass is 16.1. The van der Waals surface area contributed by atoms with Gasteiger partial charge in [0.05, 0.1) is 0 Å². The van der Waals surface area contributed by atoms with Gasteiger partial charge >= 0.3 is 0 Å². The van der Waals surface area contributed by atoms with Crippen molar-refractivity contribution in [1.82, 2.24) is 10.2 Å². The zero-order chi connectivity index (χ0) is 11.9. The van der Waals surface area contributed by atoms with Crippen LogP contribution in [0, 0.1) is 0 Å². The maximum absolute atomic E-state index is 11.4. The topological polar surface area (TPSA) is 58.4 Å². The van der Waals surface area contributed by atoms with Crippen molar-refractivity contribution in [3.8, 4) is 0 Å². The fourth-order valence-corrected chi connectivity index (χ4v) is 1.15. The van der Waals surface area contributed by atoms with Crippen LogP contribution in [0.2, 0.25) is 0 Å². The average Bonchev–Trinajstić information content (AvgIpc) is 2.07. The molecule has 0 aliphatic heterocycles. The van der Waals surface area contributed by atoms with Crippen LogP contribution in [0.25, 0.3) is 0 Å². The molecule has 0 aliphatic rings. The lowest BCUT2D eigenvalue weighted by Gasteiger charge is -2.17. The SMILES string of the molecule is CN(C)CCCNC(=O)CCC(C)(C)N. The normalized spacial score (nSPS) is 11.9. The zero-order valence-corrected chi connectivity index (χ0v) is 10.5. The van der Waals surface area contributed by atoms with Gasteiger partial charge in [-0.1, -0.05) is 0 Å². The van der Waals surface area contributed by atoms with Gasteiger partial charge in [-0.3, -0.25) is 4.79 Å². The maximum atomic E-state index is 11.4. The van der Waals surface area contributed by atoms with Gasteiger partial charge in [0.25, 0.3) is 0 Å². The summed E-state index contributed by atoms with van der Waals surface area (Å²) < 4.78 is 0. The Hall–Kier alpha value is -0.610. The number of amides is 1. The quantitative estimate of drug-likeness (QED) is 0.611. The van der Waals surface area contributed by atoms with Gasteiger partial charge in [0.15, 0.2) is 0 Å². The van der Waals surface area contributed by atoms with E-state index in [4.69, 9.17) is 5.73 Å². The average molecular weight is 215 g/mol. The van der Waals surface area contributed by atoms with E-state index < -0.39 is 0 Å². The van der Waals surface area contributed by atoms with Gasteiger partial charge in [-0.25, -0.2) is 0 Å². The molecule has 1 amide bonds. The lowest BCUT2D eigenvalue weighted by atomic mass is 10.00. The Morgan fingerprint density at radius 3 is 2.47 bits per heavy atom. The fraction of sp³-hybridized carbons (Fsp3) is 0.909. The van der Waals surface area contributed by atoms with Gasteiger partial charge in [-0.05, 0) is 47.3 Å². The molecule has 90 valence electrons. The van der Waals surface area contributed by atoms with E-state index in [2.05, 4.69) is 10.2 Å². The molecule has 0 bridgehead atoms. The van der Waals surface area contributed by atoms with Crippen molar-refractivity contribution in [2.24, 2.45) is 5.73 Å². The number of nitrogens with zero attached hydrogens (tertiary/aromatic N) is 1. The first-order chi connectivity index (χ1) is 6.81. The lowest BCUT2D eigenvalue weighted by Crippen LogP contribution is -2.34. The summed E-state index contributed by atoms with van der Waals surface area (Å²) in [5.41, 5.74) is 5.54. The summed E-state index contributed by atoms with van der Waals surface area (Å²) >= 11 is 0. The second-order valence-electron chi connectivity index (χ2n) is 5.00. The Morgan fingerprint density at radius 1 is 1.40 bits per heavy atom. The first-order valence-corrected chi connectivity index (χ1v) is 5.51. The van der Waals surface area contributed by atoms with Crippen LogP contribution < -0.4 is 11.1 Å². The second kappa shape index (κ2) is 6.80. The van der Waals surface area contributed by atoms with Gasteiger partial charge in [0, 0.05) is 18.5 Å². The van der Waals surface area contributed by atoms with Crippen molar-refractivity contribution in [2.45, 2.75) is 38.6 Å². The summed E-state index contributed by atoms with van der Waals surface area (Å²) in [6.07, 6.45) is 2.24. The van der Waals surface area contributed by atoms with Gasteiger partial charge in [0.1, 0.15) is 0 Å². The molecule has 0 heterocycles. The number of nitrogens with one attached hydrogen (secondary N) is 1. The van der Waals surface area contributed by atoms with Gasteiger partial charge < -0.3 is 16.0 Å². The highest BCUT2D eigenvalue weighted by Gasteiger charge is 2.12. The van der Waals surface area contributed by atoms with E-state index in [1.165, 1.54) is 0 Å². The standard InChI is InChI=1S/C11H25N3O/c1-11(2,12)7-6-10(15)13-8-5-9-14(3)4/h5-9,12H2,1-4H3,(H,13,15). The largest absolute Gasteiger partial charge is 0.356 e. The molecule has 0 saturated carbocycles. The number of rotatable bonds is 7. The summed E-state index contributed by atoms with van der Waals surface area (Å²) in [5.74, 6) is 0.104. The molecule has 3 N–H and O–H groups in total. The third-order valence-electron chi connectivity index (χ3n) is 2.10. The highest BCUT2D eigenvalue weighted by Crippen LogP contribution is 2.06. The summed E-state index contributed by atoms with van der Waals surface area (Å²) in [4.78, 5) is 13.5. The molecule has 0 radical (unpaired) electrons. The lowest BCUT2D eigenvalue weighted by molar-refractivity contribution is -0.121. The van der Waals surface area contributed by atoms with Crippen molar-refractivity contribution in [3.63, 3.8) is 0 Å². The number of hydrogen-bond donors (Lipinski definition) is 2. The highest BCUT2D eigenvalue weighted by molar-refractivity contribution is 5.75. The molecule has 0 aliphatic carbocycles. The molecular weight excluding hydrogens is 190 g/mol. The minimum atomic E-state index is -0.249. The third kappa shape index (κ3) is 11.3. The minimum Gasteiger partial charge on any atom is -0.356 e. The monoisotopic (exact) mass is 215 g/mol. The van der Waals surface area contributed by atoms with Crippen LogP contribution in [0.4, 0.5) is 0 Å². The first-order valence-electron chi connectivity index (χ1n) is 5.51. The number of hydrogen-bond acceptors (Lipinski definition) is 3. The summed E-state index contributed by atoms with van der Waals surface area (Å²) in [6, 6.07) is 0. The minimum absolute atomic E-state index is 0.104. The number of carbonyl (C=O) groups is 1. The van der Waals surface area contributed by atoms with Gasteiger partial charge in [-0.2, -0.15) is 0 Å². The van der Waals surface area contributed by atoms with Crippen molar-refractivity contribution < 1.29 is 4.79 Å². The van der Waals surface area contributed by atoms with E-state index >= 15 is 0 Å². The van der Waals surface area contributed by atoms with Crippen LogP contribution in [0.5, 0.6) is 0 Å². The molecular formula is C11H25N3O. The number of nitrogens with two attached hydrogens (primary N) is 1. The predicted molar refractivity (Wildman–Crippen MR) is 63.7 cm³/mol. The van der Waals surface area contributed by atoms with Gasteiger partial charge in [0.2, 0.25) is 5.91 Å². The molecule has 0 fully saturated rings. The molecule has 0 aromatic carbocycles. The Labute approximate surface area is 93.2 Å². The Morgan fingerprint density at radius 2 is 2.00 bits per heavy atom. The van der Waals surface area contributed by atoms with E-state index in [0.717, 1.165) is 25.9 Å². The van der Waals surface area contributed by atoms with Crippen LogP contribution in [0.3, 0.4) is 0 Å². The van der Waals surface area contributed by atoms with E-state index in [1.807, 2.05) is 27.9 Å². The molecule has 4 nitrogen and oxygen atoms in total. The number of carbonyl (C=O) groups excluding carboxylic acids is 1. The van der Waals surface area contributed by atoms with Crippen LogP contribution in [-0.2, 0) is 4.79 Å². The van der Waals surface area contributed by atoms with Crippen LogP contribution in [0.1, 0.15) is 33.1 Å². The van der Waals surface area contributed by atoms with Crippen molar-refractivity contribution >= 4 is 5.91 Å². The molecule has 0 saturated heterocycles. The maximum Gasteiger partial charge on any atom is 0.220 e. The van der Waals surface area contributed by atoms with Crippen LogP contribution in [0.15, 0.2) is 0 Å². The zero-order valence-electron chi connectivity index (χ0n) is 10.5. The summed E-state index contributed by atoms with van der Waals surface area (Å²) in [7, 11) is 4.05. The van der Waals surface area contributed by atoms with Crippen molar-refractivity contribution in [1.29, 1.82) is 0 Å². The Bertz CT molecular complexity index is 185. The molecule has 0 aromatic rings. The van der Waals surface area contributed by atoms with E-state index in [0.29, 0.717) is 6.42 Å². The van der Waals surface area contributed by atoms with Gasteiger partial charge in [-0.15, -0.1) is 0 Å². The predicted octanol–water partition coefficient (Wildman–Crippen LogP) is 0.572. The van der Waals surface area contributed by atoms with Crippen LogP contribution >= 0.6 is 0 Å². The van der Waals surface area contributed by atoms with Crippen molar-refractivity contribution in [2.75, 3.05) is 27.2 Å². The molecule has 0 aromatic heterocycles. The Kier molecular flexibility index (Phi) is 6.52. The third-order valence-corrected chi connectivity index (χ3v) is 2.10. The molecule has 0 spiro atoms.